The summed E-state index contributed by atoms with van der Waals surface area (Å²) in [6.45, 7) is 3.33. The zero-order valence-electron chi connectivity index (χ0n) is 14.6. The van der Waals surface area contributed by atoms with Crippen LogP contribution in [0.1, 0.15) is 18.1 Å². The van der Waals surface area contributed by atoms with E-state index >= 15 is 0 Å². The number of rotatable bonds is 5. The molecule has 138 valence electrons. The summed E-state index contributed by atoms with van der Waals surface area (Å²) in [7, 11) is 0. The van der Waals surface area contributed by atoms with E-state index in [1.807, 2.05) is 19.1 Å². The lowest BCUT2D eigenvalue weighted by molar-refractivity contribution is -0.148. The number of aryl methyl sites for hydroxylation is 1. The van der Waals surface area contributed by atoms with E-state index in [9.17, 15) is 14.9 Å². The third-order valence-electron chi connectivity index (χ3n) is 3.57. The summed E-state index contributed by atoms with van der Waals surface area (Å²) < 4.78 is 5.09. The highest BCUT2D eigenvalue weighted by Gasteiger charge is 2.21. The average molecular weight is 403 g/mol. The molecule has 0 saturated carbocycles. The fourth-order valence-electron chi connectivity index (χ4n) is 2.07. The van der Waals surface area contributed by atoms with Crippen molar-refractivity contribution in [2.75, 3.05) is 5.32 Å². The minimum absolute atomic E-state index is 0.206. The topological polar surface area (TPSA) is 79.2 Å². The van der Waals surface area contributed by atoms with E-state index in [1.165, 1.54) is 25.1 Å². The number of nitrogens with one attached hydrogen (secondary N) is 1. The van der Waals surface area contributed by atoms with Crippen molar-refractivity contribution in [3.8, 4) is 6.07 Å². The molecule has 0 heterocycles. The quantitative estimate of drug-likeness (QED) is 0.443. The second kappa shape index (κ2) is 9.22. The van der Waals surface area contributed by atoms with Crippen LogP contribution < -0.4 is 5.32 Å². The highest BCUT2D eigenvalue weighted by Crippen LogP contribution is 2.25. The molecule has 0 spiro atoms. The molecule has 0 aliphatic carbocycles. The van der Waals surface area contributed by atoms with Crippen LogP contribution in [-0.4, -0.2) is 18.0 Å². The second-order valence-electron chi connectivity index (χ2n) is 5.74. The van der Waals surface area contributed by atoms with Crippen molar-refractivity contribution in [1.82, 2.24) is 0 Å². The Kier molecular flexibility index (Phi) is 7.00. The van der Waals surface area contributed by atoms with E-state index in [-0.39, 0.29) is 10.6 Å². The first kappa shape index (κ1) is 20.5. The van der Waals surface area contributed by atoms with Crippen LogP contribution in [0.15, 0.2) is 48.0 Å². The van der Waals surface area contributed by atoms with Crippen LogP contribution in [0.4, 0.5) is 5.69 Å². The number of amides is 1. The number of carbonyl (C=O) groups is 2. The van der Waals surface area contributed by atoms with Gasteiger partial charge in [-0.15, -0.1) is 0 Å². The first-order valence-electron chi connectivity index (χ1n) is 7.95. The maximum absolute atomic E-state index is 12.2. The number of benzene rings is 2. The Morgan fingerprint density at radius 2 is 1.85 bits per heavy atom. The molecule has 2 aromatic rings. The summed E-state index contributed by atoms with van der Waals surface area (Å²) >= 11 is 11.8. The molecule has 27 heavy (non-hydrogen) atoms. The summed E-state index contributed by atoms with van der Waals surface area (Å²) in [6, 6.07) is 13.6. The SMILES string of the molecule is Cc1ccc(/C=C(\C#N)C(=O)O[C@@H](C)C(=O)Nc2ccc(Cl)cc2Cl)cc1. The molecule has 5 nitrogen and oxygen atoms in total. The van der Waals surface area contributed by atoms with Gasteiger partial charge in [0.15, 0.2) is 6.10 Å². The number of hydrogen-bond donors (Lipinski definition) is 1. The number of hydrogen-bond acceptors (Lipinski definition) is 4. The van der Waals surface area contributed by atoms with Gasteiger partial charge in [0.1, 0.15) is 11.6 Å². The third kappa shape index (κ3) is 5.85. The molecule has 0 aliphatic rings. The predicted octanol–water partition coefficient (Wildman–Crippen LogP) is 4.78. The molecule has 2 aromatic carbocycles. The molecule has 1 atom stereocenters. The van der Waals surface area contributed by atoms with E-state index < -0.39 is 18.0 Å². The molecule has 0 saturated heterocycles. The molecule has 2 rings (SSSR count). The smallest absolute Gasteiger partial charge is 0.349 e. The van der Waals surface area contributed by atoms with Crippen molar-refractivity contribution in [3.05, 3.63) is 69.2 Å². The van der Waals surface area contributed by atoms with Crippen molar-refractivity contribution in [1.29, 1.82) is 5.26 Å². The average Bonchev–Trinajstić information content (AvgIpc) is 2.63. The summed E-state index contributed by atoms with van der Waals surface area (Å²) in [5.74, 6) is -1.47. The first-order chi connectivity index (χ1) is 12.8. The van der Waals surface area contributed by atoms with E-state index in [1.54, 1.807) is 24.3 Å². The number of nitrogens with zero attached hydrogens (tertiary/aromatic N) is 1. The number of nitriles is 1. The number of anilines is 1. The van der Waals surface area contributed by atoms with E-state index in [0.717, 1.165) is 5.56 Å². The number of carbonyl (C=O) groups excluding carboxylic acids is 2. The predicted molar refractivity (Wildman–Crippen MR) is 105 cm³/mol. The summed E-state index contributed by atoms with van der Waals surface area (Å²) in [5.41, 5.74) is 1.87. The van der Waals surface area contributed by atoms with Crippen LogP contribution in [0.2, 0.25) is 10.0 Å². The van der Waals surface area contributed by atoms with Crippen molar-refractivity contribution in [3.63, 3.8) is 0 Å². The van der Waals surface area contributed by atoms with Crippen molar-refractivity contribution < 1.29 is 14.3 Å². The molecule has 0 bridgehead atoms. The number of esters is 1. The van der Waals surface area contributed by atoms with Gasteiger partial charge >= 0.3 is 5.97 Å². The van der Waals surface area contributed by atoms with Gasteiger partial charge < -0.3 is 10.1 Å². The Labute approximate surface area is 167 Å². The van der Waals surface area contributed by atoms with Gasteiger partial charge in [-0.3, -0.25) is 4.79 Å². The highest BCUT2D eigenvalue weighted by molar-refractivity contribution is 6.36. The molecule has 0 radical (unpaired) electrons. The summed E-state index contributed by atoms with van der Waals surface area (Å²) in [6.07, 6.45) is 0.279. The lowest BCUT2D eigenvalue weighted by Gasteiger charge is -2.14. The highest BCUT2D eigenvalue weighted by atomic mass is 35.5. The molecule has 0 unspecified atom stereocenters. The van der Waals surface area contributed by atoms with Gasteiger partial charge in [-0.2, -0.15) is 5.26 Å². The Bertz CT molecular complexity index is 931. The standard InChI is InChI=1S/C20H16Cl2N2O3/c1-12-3-5-14(6-4-12)9-15(11-23)20(26)27-13(2)19(25)24-18-8-7-16(21)10-17(18)22/h3-10,13H,1-2H3,(H,24,25)/b15-9+/t13-/m0/s1. The largest absolute Gasteiger partial charge is 0.448 e. The fraction of sp³-hybridized carbons (Fsp3) is 0.150. The molecule has 1 N–H and O–H groups in total. The van der Waals surface area contributed by atoms with Gasteiger partial charge in [0.05, 0.1) is 10.7 Å². The molecule has 7 heteroatoms. The van der Waals surface area contributed by atoms with Crippen LogP contribution in [0, 0.1) is 18.3 Å². The van der Waals surface area contributed by atoms with Crippen LogP contribution >= 0.6 is 23.2 Å². The van der Waals surface area contributed by atoms with Gasteiger partial charge in [0.25, 0.3) is 5.91 Å². The third-order valence-corrected chi connectivity index (χ3v) is 4.12. The maximum Gasteiger partial charge on any atom is 0.349 e. The van der Waals surface area contributed by atoms with Crippen molar-refractivity contribution in [2.24, 2.45) is 0 Å². The summed E-state index contributed by atoms with van der Waals surface area (Å²) in [5, 5.41) is 12.4. The van der Waals surface area contributed by atoms with Gasteiger partial charge in [-0.1, -0.05) is 53.0 Å². The Hall–Kier alpha value is -2.81. The number of halogens is 2. The van der Waals surface area contributed by atoms with E-state index in [2.05, 4.69) is 5.32 Å². The minimum Gasteiger partial charge on any atom is -0.448 e. The van der Waals surface area contributed by atoms with Crippen molar-refractivity contribution >= 4 is 46.8 Å². The zero-order chi connectivity index (χ0) is 20.0. The fourth-order valence-corrected chi connectivity index (χ4v) is 2.52. The van der Waals surface area contributed by atoms with Crippen LogP contribution in [0.25, 0.3) is 6.08 Å². The van der Waals surface area contributed by atoms with Gasteiger partial charge in [-0.25, -0.2) is 4.79 Å². The van der Waals surface area contributed by atoms with Crippen molar-refractivity contribution in [2.45, 2.75) is 20.0 Å². The molecule has 0 aromatic heterocycles. The second-order valence-corrected chi connectivity index (χ2v) is 6.59. The minimum atomic E-state index is -1.13. The molecular weight excluding hydrogens is 387 g/mol. The molecule has 1 amide bonds. The Morgan fingerprint density at radius 1 is 1.19 bits per heavy atom. The van der Waals surface area contributed by atoms with E-state index in [0.29, 0.717) is 16.3 Å². The van der Waals surface area contributed by atoms with Gasteiger partial charge in [0, 0.05) is 5.02 Å². The monoisotopic (exact) mass is 402 g/mol. The van der Waals surface area contributed by atoms with E-state index in [4.69, 9.17) is 27.9 Å². The molecule has 0 fully saturated rings. The summed E-state index contributed by atoms with van der Waals surface area (Å²) in [4.78, 5) is 24.4. The lowest BCUT2D eigenvalue weighted by Crippen LogP contribution is -2.30. The Balaban J connectivity index is 2.05. The molecular formula is C20H16Cl2N2O3. The number of ether oxygens (including phenoxy) is 1. The van der Waals surface area contributed by atoms with Gasteiger partial charge in [0.2, 0.25) is 0 Å². The molecule has 0 aliphatic heterocycles. The van der Waals surface area contributed by atoms with Crippen LogP contribution in [0.3, 0.4) is 0 Å². The maximum atomic E-state index is 12.2. The lowest BCUT2D eigenvalue weighted by atomic mass is 10.1. The normalized spacial score (nSPS) is 12.0. The van der Waals surface area contributed by atoms with Gasteiger partial charge in [-0.05, 0) is 43.7 Å². The van der Waals surface area contributed by atoms with Crippen LogP contribution in [-0.2, 0) is 14.3 Å². The zero-order valence-corrected chi connectivity index (χ0v) is 16.1. The first-order valence-corrected chi connectivity index (χ1v) is 8.71. The van der Waals surface area contributed by atoms with Crippen LogP contribution in [0.5, 0.6) is 0 Å². The Morgan fingerprint density at radius 3 is 2.44 bits per heavy atom.